The maximum absolute atomic E-state index is 12.6. The molecule has 1 amide bonds. The van der Waals surface area contributed by atoms with Crippen LogP contribution in [0.5, 0.6) is 0 Å². The minimum absolute atomic E-state index is 0.00887. The number of ether oxygens (including phenoxy) is 1. The molecule has 0 aliphatic rings. The van der Waals surface area contributed by atoms with Gasteiger partial charge in [-0.2, -0.15) is 0 Å². The number of carbonyl (C=O) groups excluding carboxylic acids is 2. The van der Waals surface area contributed by atoms with Gasteiger partial charge in [0.25, 0.3) is 0 Å². The predicted octanol–water partition coefficient (Wildman–Crippen LogP) is 23.5. The molecule has 2 unspecified atom stereocenters. The summed E-state index contributed by atoms with van der Waals surface area (Å²) in [6.45, 7) is 4.99. The molecule has 0 radical (unpaired) electrons. The van der Waals surface area contributed by atoms with E-state index in [0.29, 0.717) is 25.9 Å². The molecule has 0 aliphatic heterocycles. The van der Waals surface area contributed by atoms with Gasteiger partial charge < -0.3 is 20.3 Å². The number of rotatable bonds is 69. The first kappa shape index (κ1) is 77.6. The van der Waals surface area contributed by atoms with Gasteiger partial charge in [-0.05, 0) is 51.4 Å². The zero-order valence-electron chi connectivity index (χ0n) is 53.9. The minimum atomic E-state index is -0.667. The highest BCUT2D eigenvalue weighted by Crippen LogP contribution is 2.19. The molecule has 79 heavy (non-hydrogen) atoms. The van der Waals surface area contributed by atoms with Gasteiger partial charge in [0.15, 0.2) is 0 Å². The molecule has 0 saturated carbocycles. The van der Waals surface area contributed by atoms with Crippen molar-refractivity contribution in [3.05, 3.63) is 12.2 Å². The molecule has 0 aliphatic carbocycles. The molecule has 0 aromatic carbocycles. The number of esters is 1. The fourth-order valence-electron chi connectivity index (χ4n) is 11.8. The lowest BCUT2D eigenvalue weighted by Crippen LogP contribution is -2.45. The molecule has 470 valence electrons. The molecule has 6 nitrogen and oxygen atoms in total. The Morgan fingerprint density at radius 3 is 0.899 bits per heavy atom. The highest BCUT2D eigenvalue weighted by molar-refractivity contribution is 5.76. The number of aliphatic hydroxyl groups is 2. The summed E-state index contributed by atoms with van der Waals surface area (Å²) in [4.78, 5) is 24.7. The fraction of sp³-hybridized carbons (Fsp3) is 0.945. The maximum atomic E-state index is 12.6. The molecule has 0 aromatic heterocycles. The van der Waals surface area contributed by atoms with Crippen LogP contribution in [0.1, 0.15) is 418 Å². The van der Waals surface area contributed by atoms with Crippen LogP contribution in [0.4, 0.5) is 0 Å². The summed E-state index contributed by atoms with van der Waals surface area (Å²) in [5.41, 5.74) is 0. The third-order valence-electron chi connectivity index (χ3n) is 17.3. The Labute approximate surface area is 495 Å². The SMILES string of the molecule is CCCCCCCC/C=C\CCCCCCCCCC(=O)OCCCCCCCCCCCCCCCCCCCCCCC(=O)NC(CO)C(O)CCCCCCCCCCCCCCCCCCCCCCCCCCC. The van der Waals surface area contributed by atoms with Crippen LogP contribution in [0.3, 0.4) is 0 Å². The normalized spacial score (nSPS) is 12.5. The smallest absolute Gasteiger partial charge is 0.305 e. The standard InChI is InChI=1S/C73H143NO5/c1-3-5-7-9-11-13-15-17-19-21-22-23-24-25-26-27-30-34-37-41-45-49-53-57-61-65-71(76)70(69-75)74-72(77)66-62-58-54-50-46-42-38-35-31-28-29-32-36-40-44-48-52-56-60-64-68-79-73(78)67-63-59-55-51-47-43-39-33-20-18-16-14-12-10-8-6-4-2/h18,20,70-71,75-76H,3-17,19,21-69H2,1-2H3,(H,74,77)/b20-18-. The molecular weight excluding hydrogens is 971 g/mol. The average molecular weight is 1110 g/mol. The lowest BCUT2D eigenvalue weighted by molar-refractivity contribution is -0.143. The predicted molar refractivity (Wildman–Crippen MR) is 347 cm³/mol. The summed E-state index contributed by atoms with van der Waals surface area (Å²) in [6, 6.07) is -0.544. The third kappa shape index (κ3) is 65.6. The first-order chi connectivity index (χ1) is 39.0. The Morgan fingerprint density at radius 1 is 0.342 bits per heavy atom. The molecule has 2 atom stereocenters. The number of unbranched alkanes of at least 4 members (excludes halogenated alkanes) is 56. The monoisotopic (exact) mass is 1110 g/mol. The number of nitrogens with one attached hydrogen (secondary N) is 1. The fourth-order valence-corrected chi connectivity index (χ4v) is 11.8. The van der Waals surface area contributed by atoms with Gasteiger partial charge in [0.2, 0.25) is 5.91 Å². The van der Waals surface area contributed by atoms with Crippen LogP contribution >= 0.6 is 0 Å². The van der Waals surface area contributed by atoms with Crippen molar-refractivity contribution in [1.29, 1.82) is 0 Å². The molecule has 0 bridgehead atoms. The number of carbonyl (C=O) groups is 2. The Balaban J connectivity index is 3.38. The van der Waals surface area contributed by atoms with E-state index in [1.54, 1.807) is 0 Å². The molecule has 3 N–H and O–H groups in total. The van der Waals surface area contributed by atoms with Gasteiger partial charge in [0.1, 0.15) is 0 Å². The van der Waals surface area contributed by atoms with Crippen molar-refractivity contribution in [2.45, 2.75) is 431 Å². The molecule has 0 saturated heterocycles. The zero-order valence-corrected chi connectivity index (χ0v) is 53.9. The van der Waals surface area contributed by atoms with Gasteiger partial charge in [0, 0.05) is 12.8 Å². The van der Waals surface area contributed by atoms with E-state index in [1.807, 2.05) is 0 Å². The van der Waals surface area contributed by atoms with Crippen LogP contribution in [-0.2, 0) is 14.3 Å². The molecule has 0 fully saturated rings. The summed E-state index contributed by atoms with van der Waals surface area (Å²) in [7, 11) is 0. The Hall–Kier alpha value is -1.40. The van der Waals surface area contributed by atoms with Crippen LogP contribution in [0, 0.1) is 0 Å². The molecule has 0 heterocycles. The van der Waals surface area contributed by atoms with Crippen molar-refractivity contribution in [3.63, 3.8) is 0 Å². The maximum Gasteiger partial charge on any atom is 0.305 e. The van der Waals surface area contributed by atoms with E-state index in [2.05, 4.69) is 31.3 Å². The second-order valence-corrected chi connectivity index (χ2v) is 25.3. The van der Waals surface area contributed by atoms with E-state index < -0.39 is 12.1 Å². The van der Waals surface area contributed by atoms with Crippen LogP contribution < -0.4 is 5.32 Å². The first-order valence-corrected chi connectivity index (χ1v) is 36.4. The number of hydrogen-bond donors (Lipinski definition) is 3. The minimum Gasteiger partial charge on any atom is -0.466 e. The third-order valence-corrected chi connectivity index (χ3v) is 17.3. The van der Waals surface area contributed by atoms with Crippen molar-refractivity contribution in [1.82, 2.24) is 5.32 Å². The largest absolute Gasteiger partial charge is 0.466 e. The molecule has 0 rings (SSSR count). The highest BCUT2D eigenvalue weighted by Gasteiger charge is 2.20. The van der Waals surface area contributed by atoms with Crippen molar-refractivity contribution in [3.8, 4) is 0 Å². The van der Waals surface area contributed by atoms with Crippen LogP contribution in [-0.4, -0.2) is 47.4 Å². The molecular formula is C73H143NO5. The van der Waals surface area contributed by atoms with Gasteiger partial charge in [-0.25, -0.2) is 0 Å². The zero-order chi connectivity index (χ0) is 57.1. The number of hydrogen-bond acceptors (Lipinski definition) is 5. The number of allylic oxidation sites excluding steroid dienone is 2. The van der Waals surface area contributed by atoms with Gasteiger partial charge in [-0.3, -0.25) is 9.59 Å². The van der Waals surface area contributed by atoms with Crippen LogP contribution in [0.25, 0.3) is 0 Å². The van der Waals surface area contributed by atoms with Crippen molar-refractivity contribution in [2.24, 2.45) is 0 Å². The number of aliphatic hydroxyl groups excluding tert-OH is 2. The van der Waals surface area contributed by atoms with E-state index in [0.717, 1.165) is 44.9 Å². The highest BCUT2D eigenvalue weighted by atomic mass is 16.5. The second kappa shape index (κ2) is 69.1. The van der Waals surface area contributed by atoms with Gasteiger partial charge in [-0.15, -0.1) is 0 Å². The summed E-state index contributed by atoms with van der Waals surface area (Å²) < 4.78 is 5.50. The molecule has 6 heteroatoms. The lowest BCUT2D eigenvalue weighted by Gasteiger charge is -2.22. The average Bonchev–Trinajstić information content (AvgIpc) is 3.45. The summed E-state index contributed by atoms with van der Waals surface area (Å²) >= 11 is 0. The van der Waals surface area contributed by atoms with E-state index >= 15 is 0 Å². The molecule has 0 aromatic rings. The van der Waals surface area contributed by atoms with Crippen molar-refractivity contribution < 1.29 is 24.5 Å². The van der Waals surface area contributed by atoms with Gasteiger partial charge in [-0.1, -0.05) is 366 Å². The van der Waals surface area contributed by atoms with Crippen molar-refractivity contribution >= 4 is 11.9 Å². The van der Waals surface area contributed by atoms with E-state index in [9.17, 15) is 19.8 Å². The Kier molecular flexibility index (Phi) is 67.9. The lowest BCUT2D eigenvalue weighted by atomic mass is 10.0. The second-order valence-electron chi connectivity index (χ2n) is 25.3. The topological polar surface area (TPSA) is 95.9 Å². The first-order valence-electron chi connectivity index (χ1n) is 36.4. The van der Waals surface area contributed by atoms with Gasteiger partial charge >= 0.3 is 5.97 Å². The van der Waals surface area contributed by atoms with Crippen LogP contribution in [0.15, 0.2) is 12.2 Å². The quantitative estimate of drug-likeness (QED) is 0.0320. The summed E-state index contributed by atoms with van der Waals surface area (Å²) in [6.07, 6.45) is 85.4. The van der Waals surface area contributed by atoms with Gasteiger partial charge in [0.05, 0.1) is 25.4 Å². The van der Waals surface area contributed by atoms with Crippen LogP contribution in [0.2, 0.25) is 0 Å². The summed E-state index contributed by atoms with van der Waals surface area (Å²) in [5.74, 6) is -0.0224. The number of amides is 1. The van der Waals surface area contributed by atoms with E-state index in [4.69, 9.17) is 4.74 Å². The van der Waals surface area contributed by atoms with Crippen molar-refractivity contribution in [2.75, 3.05) is 13.2 Å². The summed E-state index contributed by atoms with van der Waals surface area (Å²) in [5, 5.41) is 23.5. The van der Waals surface area contributed by atoms with E-state index in [-0.39, 0.29) is 18.5 Å². The Morgan fingerprint density at radius 2 is 0.595 bits per heavy atom. The van der Waals surface area contributed by atoms with E-state index in [1.165, 1.54) is 340 Å². The molecule has 0 spiro atoms. The Bertz CT molecular complexity index is 1190.